The Morgan fingerprint density at radius 1 is 1.25 bits per heavy atom. The van der Waals surface area contributed by atoms with E-state index in [0.29, 0.717) is 6.42 Å². The number of benzene rings is 1. The fraction of sp³-hybridized carbons (Fsp3) is 0.467. The van der Waals surface area contributed by atoms with Gasteiger partial charge < -0.3 is 5.11 Å². The van der Waals surface area contributed by atoms with Gasteiger partial charge in [-0.15, -0.1) is 0 Å². The number of aliphatic hydroxyl groups excluding tert-OH is 1. The van der Waals surface area contributed by atoms with Gasteiger partial charge in [0.2, 0.25) is 10.0 Å². The number of nitrogens with one attached hydrogen (secondary N) is 1. The summed E-state index contributed by atoms with van der Waals surface area (Å²) >= 11 is 0. The predicted molar refractivity (Wildman–Crippen MR) is 82.5 cm³/mol. The minimum Gasteiger partial charge on any atom is -0.393 e. The Bertz CT molecular complexity index is 530. The first-order valence-electron chi connectivity index (χ1n) is 6.61. The molecular weight excluding hydrogens is 274 g/mol. The second kappa shape index (κ2) is 7.02. The molecule has 0 aliphatic heterocycles. The van der Waals surface area contributed by atoms with Gasteiger partial charge in [0.25, 0.3) is 0 Å². The van der Waals surface area contributed by atoms with Crippen LogP contribution in [-0.2, 0) is 10.0 Å². The highest BCUT2D eigenvalue weighted by Crippen LogP contribution is 2.21. The summed E-state index contributed by atoms with van der Waals surface area (Å²) < 4.78 is 26.0. The average molecular weight is 297 g/mol. The minimum absolute atomic E-state index is 0.222. The molecule has 0 aromatic heterocycles. The van der Waals surface area contributed by atoms with Gasteiger partial charge in [-0.1, -0.05) is 51.1 Å². The summed E-state index contributed by atoms with van der Waals surface area (Å²) in [5.41, 5.74) is 0.582. The van der Waals surface area contributed by atoms with Crippen molar-refractivity contribution in [2.75, 3.05) is 6.54 Å². The molecular formula is C15H23NO3S. The van der Waals surface area contributed by atoms with Gasteiger partial charge in [-0.2, -0.15) is 0 Å². The van der Waals surface area contributed by atoms with Crippen LogP contribution in [0, 0.1) is 5.41 Å². The molecule has 0 radical (unpaired) electrons. The molecule has 2 N–H and O–H groups in total. The van der Waals surface area contributed by atoms with E-state index in [1.807, 2.05) is 51.1 Å². The first kappa shape index (κ1) is 16.9. The first-order valence-corrected chi connectivity index (χ1v) is 8.16. The standard InChI is InChI=1S/C15H23NO3S/c1-15(2,3)14(17)9-11-16-20(18,19)12-10-13-7-5-4-6-8-13/h4-8,10,12,14,16-17H,9,11H2,1-3H3/b12-10+/t14-/m0/s1. The molecule has 0 aliphatic carbocycles. The molecule has 1 rings (SSSR count). The zero-order valence-electron chi connectivity index (χ0n) is 12.2. The third-order valence-corrected chi connectivity index (χ3v) is 4.06. The SMILES string of the molecule is CC(C)(C)[C@@H](O)CCNS(=O)(=O)/C=C/c1ccccc1. The van der Waals surface area contributed by atoms with E-state index in [1.165, 1.54) is 0 Å². The van der Waals surface area contributed by atoms with Gasteiger partial charge in [0.15, 0.2) is 0 Å². The van der Waals surface area contributed by atoms with E-state index in [4.69, 9.17) is 0 Å². The molecule has 0 fully saturated rings. The van der Waals surface area contributed by atoms with Crippen molar-refractivity contribution in [1.29, 1.82) is 0 Å². The quantitative estimate of drug-likeness (QED) is 0.847. The van der Waals surface area contributed by atoms with E-state index in [2.05, 4.69) is 4.72 Å². The van der Waals surface area contributed by atoms with Crippen LogP contribution in [0.15, 0.2) is 35.7 Å². The highest BCUT2D eigenvalue weighted by Gasteiger charge is 2.21. The Kier molecular flexibility index (Phi) is 5.92. The fourth-order valence-corrected chi connectivity index (χ4v) is 2.39. The molecule has 0 aliphatic rings. The smallest absolute Gasteiger partial charge is 0.233 e. The molecule has 0 bridgehead atoms. The van der Waals surface area contributed by atoms with E-state index in [-0.39, 0.29) is 12.0 Å². The molecule has 0 unspecified atom stereocenters. The maximum atomic E-state index is 11.8. The first-order chi connectivity index (χ1) is 9.21. The van der Waals surface area contributed by atoms with Gasteiger partial charge in [0.05, 0.1) is 6.10 Å². The van der Waals surface area contributed by atoms with Crippen LogP contribution >= 0.6 is 0 Å². The van der Waals surface area contributed by atoms with Crippen LogP contribution in [0.4, 0.5) is 0 Å². The number of rotatable bonds is 6. The zero-order valence-corrected chi connectivity index (χ0v) is 13.0. The maximum Gasteiger partial charge on any atom is 0.233 e. The molecule has 20 heavy (non-hydrogen) atoms. The Labute approximate surface area is 121 Å². The Morgan fingerprint density at radius 2 is 1.85 bits per heavy atom. The summed E-state index contributed by atoms with van der Waals surface area (Å²) in [7, 11) is -3.46. The van der Waals surface area contributed by atoms with Crippen molar-refractivity contribution in [3.05, 3.63) is 41.3 Å². The van der Waals surface area contributed by atoms with E-state index < -0.39 is 16.1 Å². The molecule has 4 nitrogen and oxygen atoms in total. The molecule has 1 aromatic rings. The van der Waals surface area contributed by atoms with Crippen LogP contribution < -0.4 is 4.72 Å². The van der Waals surface area contributed by atoms with Gasteiger partial charge in [-0.05, 0) is 23.5 Å². The second-order valence-electron chi connectivity index (χ2n) is 5.82. The zero-order chi connectivity index (χ0) is 15.2. The van der Waals surface area contributed by atoms with Crippen LogP contribution in [-0.4, -0.2) is 26.2 Å². The third-order valence-electron chi connectivity index (χ3n) is 2.96. The largest absolute Gasteiger partial charge is 0.393 e. The molecule has 0 saturated heterocycles. The van der Waals surface area contributed by atoms with E-state index in [9.17, 15) is 13.5 Å². The lowest BCUT2D eigenvalue weighted by Gasteiger charge is -2.25. The van der Waals surface area contributed by atoms with E-state index in [0.717, 1.165) is 11.0 Å². The molecule has 1 atom stereocenters. The molecule has 5 heteroatoms. The molecule has 0 amide bonds. The molecule has 112 valence electrons. The maximum absolute atomic E-state index is 11.8. The van der Waals surface area contributed by atoms with E-state index >= 15 is 0 Å². The van der Waals surface area contributed by atoms with Gasteiger partial charge >= 0.3 is 0 Å². The summed E-state index contributed by atoms with van der Waals surface area (Å²) in [6.45, 7) is 5.98. The highest BCUT2D eigenvalue weighted by molar-refractivity contribution is 7.92. The van der Waals surface area contributed by atoms with Gasteiger partial charge in [0, 0.05) is 12.0 Å². The van der Waals surface area contributed by atoms with Crippen molar-refractivity contribution in [1.82, 2.24) is 4.72 Å². The number of hydrogen-bond donors (Lipinski definition) is 2. The summed E-state index contributed by atoms with van der Waals surface area (Å²) in [5.74, 6) is 0. The normalized spacial score (nSPS) is 14.6. The van der Waals surface area contributed by atoms with Crippen molar-refractivity contribution < 1.29 is 13.5 Å². The average Bonchev–Trinajstić information content (AvgIpc) is 2.36. The number of hydrogen-bond acceptors (Lipinski definition) is 3. The van der Waals surface area contributed by atoms with Gasteiger partial charge in [-0.25, -0.2) is 13.1 Å². The lowest BCUT2D eigenvalue weighted by molar-refractivity contribution is 0.0571. The molecule has 0 saturated carbocycles. The van der Waals surface area contributed by atoms with E-state index in [1.54, 1.807) is 6.08 Å². The summed E-state index contributed by atoms with van der Waals surface area (Å²) in [5, 5.41) is 11.0. The van der Waals surface area contributed by atoms with Crippen molar-refractivity contribution in [2.24, 2.45) is 5.41 Å². The Hall–Kier alpha value is -1.17. The molecule has 1 aromatic carbocycles. The third kappa shape index (κ3) is 6.32. The number of aliphatic hydroxyl groups is 1. The predicted octanol–water partition coefficient (Wildman–Crippen LogP) is 2.37. The van der Waals surface area contributed by atoms with Gasteiger partial charge in [-0.3, -0.25) is 0 Å². The number of sulfonamides is 1. The van der Waals surface area contributed by atoms with Crippen LogP contribution in [0.5, 0.6) is 0 Å². The summed E-state index contributed by atoms with van der Waals surface area (Å²) in [4.78, 5) is 0. The Morgan fingerprint density at radius 3 is 2.40 bits per heavy atom. The summed E-state index contributed by atoms with van der Waals surface area (Å²) in [6, 6.07) is 9.22. The van der Waals surface area contributed by atoms with Crippen LogP contribution in [0.25, 0.3) is 6.08 Å². The van der Waals surface area contributed by atoms with Crippen LogP contribution in [0.3, 0.4) is 0 Å². The van der Waals surface area contributed by atoms with Crippen molar-refractivity contribution >= 4 is 16.1 Å². The van der Waals surface area contributed by atoms with Gasteiger partial charge in [0.1, 0.15) is 0 Å². The van der Waals surface area contributed by atoms with Crippen molar-refractivity contribution in [2.45, 2.75) is 33.3 Å². The lowest BCUT2D eigenvalue weighted by Crippen LogP contribution is -2.31. The highest BCUT2D eigenvalue weighted by atomic mass is 32.2. The topological polar surface area (TPSA) is 66.4 Å². The van der Waals surface area contributed by atoms with Crippen LogP contribution in [0.2, 0.25) is 0 Å². The second-order valence-corrected chi connectivity index (χ2v) is 7.47. The fourth-order valence-electron chi connectivity index (χ4n) is 1.55. The molecule has 0 spiro atoms. The molecule has 0 heterocycles. The lowest BCUT2D eigenvalue weighted by atomic mass is 9.87. The summed E-state index contributed by atoms with van der Waals surface area (Å²) in [6.07, 6.45) is 1.40. The van der Waals surface area contributed by atoms with Crippen LogP contribution in [0.1, 0.15) is 32.8 Å². The van der Waals surface area contributed by atoms with Crippen molar-refractivity contribution in [3.63, 3.8) is 0 Å². The Balaban J connectivity index is 2.49. The monoisotopic (exact) mass is 297 g/mol. The van der Waals surface area contributed by atoms with Crippen molar-refractivity contribution in [3.8, 4) is 0 Å². The minimum atomic E-state index is -3.46.